The van der Waals surface area contributed by atoms with Crippen LogP contribution in [0.3, 0.4) is 0 Å². The van der Waals surface area contributed by atoms with E-state index in [1.54, 1.807) is 6.07 Å². The number of ether oxygens (including phenoxy) is 2. The van der Waals surface area contributed by atoms with Crippen molar-refractivity contribution in [2.45, 2.75) is 25.6 Å². The first-order chi connectivity index (χ1) is 7.25. The van der Waals surface area contributed by atoms with Crippen LogP contribution in [-0.2, 0) is 4.74 Å². The third kappa shape index (κ3) is 2.53. The first kappa shape index (κ1) is 10.1. The average Bonchev–Trinajstić information content (AvgIpc) is 2.25. The van der Waals surface area contributed by atoms with Crippen LogP contribution in [0, 0.1) is 0 Å². The normalized spacial score (nSPS) is 21.2. The van der Waals surface area contributed by atoms with Crippen LogP contribution >= 0.6 is 0 Å². The molecule has 1 heterocycles. The van der Waals surface area contributed by atoms with Gasteiger partial charge in [-0.05, 0) is 25.0 Å². The first-order valence-corrected chi connectivity index (χ1v) is 5.06. The zero-order valence-corrected chi connectivity index (χ0v) is 8.35. The van der Waals surface area contributed by atoms with E-state index in [4.69, 9.17) is 14.6 Å². The summed E-state index contributed by atoms with van der Waals surface area (Å²) in [6.45, 7) is 0.717. The Kier molecular flexibility index (Phi) is 2.97. The SMILES string of the molecule is Oc1ccc(OC2CCCCO2)cc1O. The fourth-order valence-electron chi connectivity index (χ4n) is 1.53. The van der Waals surface area contributed by atoms with Crippen molar-refractivity contribution in [2.75, 3.05) is 6.61 Å². The summed E-state index contributed by atoms with van der Waals surface area (Å²) in [6.07, 6.45) is 2.79. The Morgan fingerprint density at radius 2 is 2.07 bits per heavy atom. The number of rotatable bonds is 2. The van der Waals surface area contributed by atoms with Crippen LogP contribution in [0.25, 0.3) is 0 Å². The summed E-state index contributed by atoms with van der Waals surface area (Å²) in [6, 6.07) is 4.38. The van der Waals surface area contributed by atoms with E-state index in [2.05, 4.69) is 0 Å². The third-order valence-corrected chi connectivity index (χ3v) is 2.35. The minimum absolute atomic E-state index is 0.146. The van der Waals surface area contributed by atoms with Crippen molar-refractivity contribution in [1.82, 2.24) is 0 Å². The molecule has 15 heavy (non-hydrogen) atoms. The number of hydrogen-bond donors (Lipinski definition) is 2. The molecule has 0 radical (unpaired) electrons. The van der Waals surface area contributed by atoms with Gasteiger partial charge in [-0.2, -0.15) is 0 Å². The van der Waals surface area contributed by atoms with Crippen molar-refractivity contribution in [3.8, 4) is 17.2 Å². The summed E-state index contributed by atoms with van der Waals surface area (Å²) < 4.78 is 10.9. The molecule has 1 aromatic carbocycles. The fourth-order valence-corrected chi connectivity index (χ4v) is 1.53. The molecule has 0 spiro atoms. The molecule has 2 rings (SSSR count). The minimum Gasteiger partial charge on any atom is -0.504 e. The molecule has 1 aliphatic rings. The molecule has 1 saturated heterocycles. The highest BCUT2D eigenvalue weighted by atomic mass is 16.7. The van der Waals surface area contributed by atoms with Gasteiger partial charge in [0.15, 0.2) is 17.8 Å². The van der Waals surface area contributed by atoms with Gasteiger partial charge in [0, 0.05) is 12.5 Å². The Labute approximate surface area is 88.1 Å². The van der Waals surface area contributed by atoms with Gasteiger partial charge >= 0.3 is 0 Å². The molecule has 0 bridgehead atoms. The molecule has 4 nitrogen and oxygen atoms in total. The van der Waals surface area contributed by atoms with Gasteiger partial charge in [0.1, 0.15) is 5.75 Å². The van der Waals surface area contributed by atoms with Crippen molar-refractivity contribution in [3.63, 3.8) is 0 Å². The summed E-state index contributed by atoms with van der Waals surface area (Å²) in [5.74, 6) is 0.187. The van der Waals surface area contributed by atoms with E-state index in [1.807, 2.05) is 0 Å². The van der Waals surface area contributed by atoms with Crippen molar-refractivity contribution in [1.29, 1.82) is 0 Å². The van der Waals surface area contributed by atoms with Gasteiger partial charge in [0.05, 0.1) is 6.61 Å². The Morgan fingerprint density at radius 1 is 1.20 bits per heavy atom. The van der Waals surface area contributed by atoms with Crippen LogP contribution < -0.4 is 4.74 Å². The Bertz CT molecular complexity index is 331. The molecule has 4 heteroatoms. The maximum atomic E-state index is 9.26. The molecule has 1 aliphatic heterocycles. The zero-order valence-electron chi connectivity index (χ0n) is 8.35. The van der Waals surface area contributed by atoms with Gasteiger partial charge in [-0.1, -0.05) is 0 Å². The van der Waals surface area contributed by atoms with Crippen LogP contribution in [0.15, 0.2) is 18.2 Å². The van der Waals surface area contributed by atoms with Gasteiger partial charge in [-0.15, -0.1) is 0 Å². The van der Waals surface area contributed by atoms with Gasteiger partial charge < -0.3 is 19.7 Å². The van der Waals surface area contributed by atoms with E-state index in [-0.39, 0.29) is 17.8 Å². The van der Waals surface area contributed by atoms with E-state index in [0.29, 0.717) is 12.4 Å². The van der Waals surface area contributed by atoms with Crippen LogP contribution in [-0.4, -0.2) is 23.1 Å². The van der Waals surface area contributed by atoms with Gasteiger partial charge in [-0.25, -0.2) is 0 Å². The van der Waals surface area contributed by atoms with Gasteiger partial charge in [0.2, 0.25) is 0 Å². The standard InChI is InChI=1S/C11H14O4/c12-9-5-4-8(7-10(9)13)15-11-3-1-2-6-14-11/h4-5,7,11-13H,1-3,6H2. The van der Waals surface area contributed by atoms with E-state index in [0.717, 1.165) is 19.3 Å². The summed E-state index contributed by atoms with van der Waals surface area (Å²) >= 11 is 0. The van der Waals surface area contributed by atoms with E-state index in [9.17, 15) is 5.11 Å². The van der Waals surface area contributed by atoms with Crippen molar-refractivity contribution < 1.29 is 19.7 Å². The van der Waals surface area contributed by atoms with E-state index < -0.39 is 0 Å². The van der Waals surface area contributed by atoms with Crippen LogP contribution in [0.4, 0.5) is 0 Å². The predicted molar refractivity (Wildman–Crippen MR) is 54.0 cm³/mol. The number of hydrogen-bond acceptors (Lipinski definition) is 4. The number of benzene rings is 1. The highest BCUT2D eigenvalue weighted by Gasteiger charge is 2.15. The summed E-state index contributed by atoms with van der Waals surface area (Å²) in [5, 5.41) is 18.4. The van der Waals surface area contributed by atoms with Crippen LogP contribution in [0.2, 0.25) is 0 Å². The highest BCUT2D eigenvalue weighted by Crippen LogP contribution is 2.30. The Balaban J connectivity index is 2.00. The molecule has 0 aromatic heterocycles. The first-order valence-electron chi connectivity index (χ1n) is 5.06. The van der Waals surface area contributed by atoms with Crippen molar-refractivity contribution >= 4 is 0 Å². The fraction of sp³-hybridized carbons (Fsp3) is 0.455. The van der Waals surface area contributed by atoms with Gasteiger partial charge in [0.25, 0.3) is 0 Å². The monoisotopic (exact) mass is 210 g/mol. The molecule has 1 aromatic rings. The molecule has 0 saturated carbocycles. The number of aromatic hydroxyl groups is 2. The lowest BCUT2D eigenvalue weighted by atomic mass is 10.2. The molecular formula is C11H14O4. The van der Waals surface area contributed by atoms with Crippen LogP contribution in [0.1, 0.15) is 19.3 Å². The van der Waals surface area contributed by atoms with Crippen LogP contribution in [0.5, 0.6) is 17.2 Å². The maximum absolute atomic E-state index is 9.26. The van der Waals surface area contributed by atoms with Gasteiger partial charge in [-0.3, -0.25) is 0 Å². The number of phenolic OH excluding ortho intramolecular Hbond substituents is 2. The van der Waals surface area contributed by atoms with Crippen molar-refractivity contribution in [2.24, 2.45) is 0 Å². The second-order valence-corrected chi connectivity index (χ2v) is 3.56. The highest BCUT2D eigenvalue weighted by molar-refractivity contribution is 5.43. The lowest BCUT2D eigenvalue weighted by Crippen LogP contribution is -2.24. The number of phenols is 2. The lowest BCUT2D eigenvalue weighted by Gasteiger charge is -2.23. The zero-order chi connectivity index (χ0) is 10.7. The van der Waals surface area contributed by atoms with Crippen molar-refractivity contribution in [3.05, 3.63) is 18.2 Å². The molecular weight excluding hydrogens is 196 g/mol. The largest absolute Gasteiger partial charge is 0.504 e. The second-order valence-electron chi connectivity index (χ2n) is 3.56. The lowest BCUT2D eigenvalue weighted by molar-refractivity contribution is -0.105. The predicted octanol–water partition coefficient (Wildman–Crippen LogP) is 2.00. The Hall–Kier alpha value is -1.42. The van der Waals surface area contributed by atoms with E-state index >= 15 is 0 Å². The maximum Gasteiger partial charge on any atom is 0.199 e. The molecule has 1 atom stereocenters. The quantitative estimate of drug-likeness (QED) is 0.733. The molecule has 2 N–H and O–H groups in total. The summed E-state index contributed by atoms with van der Waals surface area (Å²) in [7, 11) is 0. The summed E-state index contributed by atoms with van der Waals surface area (Å²) in [4.78, 5) is 0. The second kappa shape index (κ2) is 4.40. The molecule has 82 valence electrons. The topological polar surface area (TPSA) is 58.9 Å². The average molecular weight is 210 g/mol. The third-order valence-electron chi connectivity index (χ3n) is 2.35. The molecule has 1 unspecified atom stereocenters. The van der Waals surface area contributed by atoms with E-state index in [1.165, 1.54) is 12.1 Å². The Morgan fingerprint density at radius 3 is 2.73 bits per heavy atom. The molecule has 1 fully saturated rings. The summed E-state index contributed by atoms with van der Waals surface area (Å²) in [5.41, 5.74) is 0. The smallest absolute Gasteiger partial charge is 0.199 e. The molecule has 0 aliphatic carbocycles. The molecule has 0 amide bonds. The minimum atomic E-state index is -0.234.